The molecule has 0 radical (unpaired) electrons. The summed E-state index contributed by atoms with van der Waals surface area (Å²) in [5, 5.41) is 9.45. The van der Waals surface area contributed by atoms with Crippen LogP contribution in [0.15, 0.2) is 48.5 Å². The van der Waals surface area contributed by atoms with Crippen LogP contribution in [0.25, 0.3) is 0 Å². The van der Waals surface area contributed by atoms with Crippen molar-refractivity contribution >= 4 is 17.6 Å². The van der Waals surface area contributed by atoms with Gasteiger partial charge in [0, 0.05) is 12.2 Å². The second-order valence-corrected chi connectivity index (χ2v) is 6.23. The molecule has 2 aromatic carbocycles. The van der Waals surface area contributed by atoms with Gasteiger partial charge in [0.15, 0.2) is 6.10 Å². The lowest BCUT2D eigenvalue weighted by molar-refractivity contribution is -0.138. The number of carbonyl (C=O) groups excluding carboxylic acids is 1. The van der Waals surface area contributed by atoms with Gasteiger partial charge in [0.2, 0.25) is 0 Å². The van der Waals surface area contributed by atoms with Crippen LogP contribution in [0.1, 0.15) is 30.4 Å². The molecule has 2 aromatic rings. The molecule has 1 N–H and O–H groups in total. The third-order valence-electron chi connectivity index (χ3n) is 4.45. The fourth-order valence-electron chi connectivity index (χ4n) is 3.16. The number of carboxylic acids is 1. The Labute approximate surface area is 146 Å². The number of rotatable bonds is 5. The molecule has 0 bridgehead atoms. The lowest BCUT2D eigenvalue weighted by Gasteiger charge is -2.24. The Morgan fingerprint density at radius 3 is 2.68 bits per heavy atom. The van der Waals surface area contributed by atoms with Crippen molar-refractivity contribution in [2.24, 2.45) is 0 Å². The van der Waals surface area contributed by atoms with Crippen molar-refractivity contribution in [3.8, 4) is 5.75 Å². The lowest BCUT2D eigenvalue weighted by atomic mass is 10.0. The van der Waals surface area contributed by atoms with Gasteiger partial charge in [-0.3, -0.25) is 9.59 Å². The van der Waals surface area contributed by atoms with E-state index < -0.39 is 18.0 Å². The van der Waals surface area contributed by atoms with E-state index in [4.69, 9.17) is 4.74 Å². The number of hydrogen-bond acceptors (Lipinski definition) is 3. The normalized spacial score (nSPS) is 17.0. The van der Waals surface area contributed by atoms with Gasteiger partial charge < -0.3 is 14.7 Å². The molecule has 0 fully saturated rings. The summed E-state index contributed by atoms with van der Waals surface area (Å²) in [4.78, 5) is 26.1. The molecule has 3 rings (SSSR count). The molecule has 1 aliphatic heterocycles. The summed E-state index contributed by atoms with van der Waals surface area (Å²) in [5.41, 5.74) is 2.39. The number of benzene rings is 2. The third-order valence-corrected chi connectivity index (χ3v) is 4.45. The highest BCUT2D eigenvalue weighted by atomic mass is 16.5. The molecule has 1 aliphatic rings. The summed E-state index contributed by atoms with van der Waals surface area (Å²) in [6.07, 6.45) is -0.147. The van der Waals surface area contributed by atoms with Crippen molar-refractivity contribution < 1.29 is 19.4 Å². The van der Waals surface area contributed by atoms with E-state index in [1.165, 1.54) is 4.90 Å². The Bertz CT molecular complexity index is 802. The number of nitrogens with zero attached hydrogens (tertiary/aromatic N) is 1. The maximum atomic E-state index is 13.0. The van der Waals surface area contributed by atoms with Crippen LogP contribution < -0.4 is 9.64 Å². The quantitative estimate of drug-likeness (QED) is 0.907. The predicted molar refractivity (Wildman–Crippen MR) is 95.1 cm³/mol. The third kappa shape index (κ3) is 3.36. The Hall–Kier alpha value is -2.82. The number of aryl methyl sites for hydroxylation is 1. The zero-order valence-corrected chi connectivity index (χ0v) is 14.3. The van der Waals surface area contributed by atoms with Crippen molar-refractivity contribution in [2.45, 2.75) is 32.3 Å². The predicted octanol–water partition coefficient (Wildman–Crippen LogP) is 3.37. The van der Waals surface area contributed by atoms with Crippen LogP contribution in [-0.4, -0.2) is 29.6 Å². The van der Waals surface area contributed by atoms with Gasteiger partial charge in [0.05, 0.1) is 0 Å². The van der Waals surface area contributed by atoms with Gasteiger partial charge in [-0.25, -0.2) is 0 Å². The molecule has 0 aromatic heterocycles. The summed E-state index contributed by atoms with van der Waals surface area (Å²) in [6.45, 7) is 3.99. The van der Waals surface area contributed by atoms with Crippen molar-refractivity contribution in [3.63, 3.8) is 0 Å². The number of ether oxygens (including phenoxy) is 1. The van der Waals surface area contributed by atoms with Crippen LogP contribution in [-0.2, 0) is 9.59 Å². The fourth-order valence-corrected chi connectivity index (χ4v) is 3.16. The number of aliphatic carboxylic acids is 1. The number of carbonyl (C=O) groups is 2. The molecular formula is C20H21NO4. The Morgan fingerprint density at radius 1 is 1.24 bits per heavy atom. The highest BCUT2D eigenvalue weighted by molar-refractivity contribution is 6.01. The number of carboxylic acid groups (broad SMARTS) is 1. The number of hydrogen-bond donors (Lipinski definition) is 1. The summed E-state index contributed by atoms with van der Waals surface area (Å²) < 4.78 is 5.89. The molecule has 0 aliphatic carbocycles. The number of para-hydroxylation sites is 1. The Balaban J connectivity index is 1.85. The van der Waals surface area contributed by atoms with Gasteiger partial charge in [0.1, 0.15) is 11.7 Å². The standard InChI is InChI=1S/C20H21NO4/c1-3-18(25-14-8-6-7-13(2)11-14)19(22)21-12-16(20(23)24)15-9-4-5-10-17(15)21/h4-11,16,18H,3,12H2,1-2H3,(H,23,24). The second kappa shape index (κ2) is 6.97. The smallest absolute Gasteiger partial charge is 0.312 e. The van der Waals surface area contributed by atoms with Crippen LogP contribution in [0.3, 0.4) is 0 Å². The van der Waals surface area contributed by atoms with Gasteiger partial charge in [-0.1, -0.05) is 37.3 Å². The molecule has 130 valence electrons. The summed E-state index contributed by atoms with van der Waals surface area (Å²) in [6, 6.07) is 14.7. The van der Waals surface area contributed by atoms with Gasteiger partial charge in [-0.15, -0.1) is 0 Å². The van der Waals surface area contributed by atoms with Gasteiger partial charge in [-0.2, -0.15) is 0 Å². The number of fused-ring (bicyclic) bond motifs is 1. The molecule has 1 amide bonds. The molecule has 0 spiro atoms. The first-order chi connectivity index (χ1) is 12.0. The SMILES string of the molecule is CCC(Oc1cccc(C)c1)C(=O)N1CC(C(=O)O)c2ccccc21. The first kappa shape index (κ1) is 17.0. The van der Waals surface area contributed by atoms with E-state index in [0.717, 1.165) is 5.56 Å². The van der Waals surface area contributed by atoms with Crippen LogP contribution in [0.4, 0.5) is 5.69 Å². The van der Waals surface area contributed by atoms with E-state index in [1.807, 2.05) is 44.2 Å². The fraction of sp³-hybridized carbons (Fsp3) is 0.300. The van der Waals surface area contributed by atoms with Gasteiger partial charge >= 0.3 is 5.97 Å². The highest BCUT2D eigenvalue weighted by Crippen LogP contribution is 2.37. The van der Waals surface area contributed by atoms with Crippen LogP contribution in [0, 0.1) is 6.92 Å². The summed E-state index contributed by atoms with van der Waals surface area (Å²) in [7, 11) is 0. The zero-order chi connectivity index (χ0) is 18.0. The topological polar surface area (TPSA) is 66.8 Å². The van der Waals surface area contributed by atoms with Crippen LogP contribution in [0.2, 0.25) is 0 Å². The average molecular weight is 339 g/mol. The number of amides is 1. The molecule has 2 unspecified atom stereocenters. The minimum Gasteiger partial charge on any atom is -0.481 e. The maximum Gasteiger partial charge on any atom is 0.312 e. The van der Waals surface area contributed by atoms with E-state index in [9.17, 15) is 14.7 Å². The van der Waals surface area contributed by atoms with Crippen molar-refractivity contribution in [3.05, 3.63) is 59.7 Å². The second-order valence-electron chi connectivity index (χ2n) is 6.23. The minimum absolute atomic E-state index is 0.140. The monoisotopic (exact) mass is 339 g/mol. The molecular weight excluding hydrogens is 318 g/mol. The maximum absolute atomic E-state index is 13.0. The van der Waals surface area contributed by atoms with Gasteiger partial charge in [0.25, 0.3) is 5.91 Å². The lowest BCUT2D eigenvalue weighted by Crippen LogP contribution is -2.41. The first-order valence-electron chi connectivity index (χ1n) is 8.37. The van der Waals surface area contributed by atoms with Crippen LogP contribution >= 0.6 is 0 Å². The first-order valence-corrected chi connectivity index (χ1v) is 8.37. The number of anilines is 1. The van der Waals surface area contributed by atoms with E-state index in [-0.39, 0.29) is 12.5 Å². The molecule has 5 heteroatoms. The minimum atomic E-state index is -0.921. The molecule has 0 saturated carbocycles. The van der Waals surface area contributed by atoms with E-state index in [0.29, 0.717) is 23.4 Å². The molecule has 1 heterocycles. The zero-order valence-electron chi connectivity index (χ0n) is 14.3. The van der Waals surface area contributed by atoms with Crippen molar-refractivity contribution in [1.82, 2.24) is 0 Å². The molecule has 25 heavy (non-hydrogen) atoms. The summed E-state index contributed by atoms with van der Waals surface area (Å²) >= 11 is 0. The van der Waals surface area contributed by atoms with Crippen molar-refractivity contribution in [2.75, 3.05) is 11.4 Å². The molecule has 0 saturated heterocycles. The van der Waals surface area contributed by atoms with E-state index in [1.54, 1.807) is 18.2 Å². The molecule has 5 nitrogen and oxygen atoms in total. The Morgan fingerprint density at radius 2 is 2.00 bits per heavy atom. The van der Waals surface area contributed by atoms with Crippen molar-refractivity contribution in [1.29, 1.82) is 0 Å². The van der Waals surface area contributed by atoms with E-state index >= 15 is 0 Å². The van der Waals surface area contributed by atoms with Gasteiger partial charge in [-0.05, 0) is 42.7 Å². The van der Waals surface area contributed by atoms with Crippen LogP contribution in [0.5, 0.6) is 5.75 Å². The average Bonchev–Trinajstić information content (AvgIpc) is 2.99. The summed E-state index contributed by atoms with van der Waals surface area (Å²) in [5.74, 6) is -1.19. The van der Waals surface area contributed by atoms with E-state index in [2.05, 4.69) is 0 Å². The molecule has 2 atom stereocenters. The largest absolute Gasteiger partial charge is 0.481 e. The Kier molecular flexibility index (Phi) is 4.74. The highest BCUT2D eigenvalue weighted by Gasteiger charge is 2.38.